The molecule has 0 fully saturated rings. The van der Waals surface area contributed by atoms with Crippen LogP contribution in [0.4, 0.5) is 4.39 Å². The molecule has 0 spiro atoms. The Labute approximate surface area is 145 Å². The van der Waals surface area contributed by atoms with Crippen molar-refractivity contribution in [3.8, 4) is 0 Å². The fourth-order valence-corrected chi connectivity index (χ4v) is 2.59. The predicted molar refractivity (Wildman–Crippen MR) is 91.0 cm³/mol. The average Bonchev–Trinajstić information content (AvgIpc) is 2.49. The zero-order chi connectivity index (χ0) is 16.8. The maximum Gasteiger partial charge on any atom is 0.234 e. The SMILES string of the molecule is CN(CC(=O)NCc1cccc(Cl)c1)Cc1c(F)cccc1Cl. The Balaban J connectivity index is 1.85. The number of amides is 1. The molecule has 0 aliphatic carbocycles. The Hall–Kier alpha value is -1.62. The zero-order valence-electron chi connectivity index (χ0n) is 12.7. The van der Waals surface area contributed by atoms with Gasteiger partial charge in [0.15, 0.2) is 0 Å². The fourth-order valence-electron chi connectivity index (χ4n) is 2.16. The number of hydrogen-bond acceptors (Lipinski definition) is 2. The highest BCUT2D eigenvalue weighted by atomic mass is 35.5. The summed E-state index contributed by atoms with van der Waals surface area (Å²) in [5.74, 6) is -0.524. The largest absolute Gasteiger partial charge is 0.351 e. The first-order chi connectivity index (χ1) is 11.0. The van der Waals surface area contributed by atoms with Gasteiger partial charge in [-0.25, -0.2) is 4.39 Å². The number of nitrogens with zero attached hydrogens (tertiary/aromatic N) is 1. The van der Waals surface area contributed by atoms with Crippen molar-refractivity contribution in [1.29, 1.82) is 0 Å². The van der Waals surface area contributed by atoms with Crippen LogP contribution in [0.1, 0.15) is 11.1 Å². The number of benzene rings is 2. The molecule has 3 nitrogen and oxygen atoms in total. The summed E-state index contributed by atoms with van der Waals surface area (Å²) in [6.45, 7) is 0.801. The summed E-state index contributed by atoms with van der Waals surface area (Å²) in [4.78, 5) is 13.7. The first kappa shape index (κ1) is 17.7. The lowest BCUT2D eigenvalue weighted by molar-refractivity contribution is -0.122. The fraction of sp³-hybridized carbons (Fsp3) is 0.235. The zero-order valence-corrected chi connectivity index (χ0v) is 14.2. The monoisotopic (exact) mass is 354 g/mol. The molecule has 0 saturated carbocycles. The Morgan fingerprint density at radius 3 is 2.65 bits per heavy atom. The van der Waals surface area contributed by atoms with Gasteiger partial charge in [0, 0.05) is 28.7 Å². The van der Waals surface area contributed by atoms with E-state index in [0.717, 1.165) is 5.56 Å². The number of halogens is 3. The summed E-state index contributed by atoms with van der Waals surface area (Å²) in [6, 6.07) is 11.8. The molecule has 0 radical (unpaired) electrons. The van der Waals surface area contributed by atoms with E-state index in [4.69, 9.17) is 23.2 Å². The number of carbonyl (C=O) groups excluding carboxylic acids is 1. The molecule has 6 heteroatoms. The van der Waals surface area contributed by atoms with Gasteiger partial charge in [0.2, 0.25) is 5.91 Å². The van der Waals surface area contributed by atoms with Gasteiger partial charge in [0.25, 0.3) is 0 Å². The molecule has 0 bridgehead atoms. The Bertz CT molecular complexity index is 674. The maximum absolute atomic E-state index is 13.7. The third kappa shape index (κ3) is 5.50. The summed E-state index contributed by atoms with van der Waals surface area (Å²) in [5, 5.41) is 3.79. The maximum atomic E-state index is 13.7. The molecule has 0 aliphatic rings. The second kappa shape index (κ2) is 8.29. The molecule has 0 heterocycles. The van der Waals surface area contributed by atoms with Crippen molar-refractivity contribution in [1.82, 2.24) is 10.2 Å². The third-order valence-corrected chi connectivity index (χ3v) is 3.87. The minimum atomic E-state index is -0.372. The summed E-state index contributed by atoms with van der Waals surface area (Å²) < 4.78 is 13.7. The van der Waals surface area contributed by atoms with E-state index in [1.165, 1.54) is 6.07 Å². The number of nitrogens with one attached hydrogen (secondary N) is 1. The molecule has 1 N–H and O–H groups in total. The summed E-state index contributed by atoms with van der Waals surface area (Å²) in [7, 11) is 1.74. The summed E-state index contributed by atoms with van der Waals surface area (Å²) in [6.07, 6.45) is 0. The molecule has 122 valence electrons. The van der Waals surface area contributed by atoms with Crippen molar-refractivity contribution in [3.63, 3.8) is 0 Å². The number of likely N-dealkylation sites (N-methyl/N-ethyl adjacent to an activating group) is 1. The Morgan fingerprint density at radius 2 is 1.96 bits per heavy atom. The molecule has 0 aromatic heterocycles. The first-order valence-corrected chi connectivity index (χ1v) is 7.84. The van der Waals surface area contributed by atoms with Crippen LogP contribution >= 0.6 is 23.2 Å². The molecular weight excluding hydrogens is 338 g/mol. The highest BCUT2D eigenvalue weighted by Gasteiger charge is 2.12. The molecule has 0 aliphatic heterocycles. The van der Waals surface area contributed by atoms with Crippen LogP contribution in [0.25, 0.3) is 0 Å². The molecule has 2 rings (SSSR count). The van der Waals surface area contributed by atoms with E-state index in [1.54, 1.807) is 36.2 Å². The molecule has 0 saturated heterocycles. The van der Waals surface area contributed by atoms with Gasteiger partial charge in [-0.3, -0.25) is 9.69 Å². The van der Waals surface area contributed by atoms with Crippen molar-refractivity contribution in [2.45, 2.75) is 13.1 Å². The van der Waals surface area contributed by atoms with Gasteiger partial charge in [-0.15, -0.1) is 0 Å². The van der Waals surface area contributed by atoms with Gasteiger partial charge in [0.1, 0.15) is 5.82 Å². The number of carbonyl (C=O) groups is 1. The standard InChI is InChI=1S/C17H17Cl2FN2O/c1-22(10-14-15(19)6-3-7-16(14)20)11-17(23)21-9-12-4-2-5-13(18)8-12/h2-8H,9-11H2,1H3,(H,21,23). The number of hydrogen-bond donors (Lipinski definition) is 1. The first-order valence-electron chi connectivity index (χ1n) is 7.08. The molecule has 23 heavy (non-hydrogen) atoms. The average molecular weight is 355 g/mol. The smallest absolute Gasteiger partial charge is 0.234 e. The lowest BCUT2D eigenvalue weighted by atomic mass is 10.2. The highest BCUT2D eigenvalue weighted by molar-refractivity contribution is 6.31. The van der Waals surface area contributed by atoms with Crippen LogP contribution in [-0.4, -0.2) is 24.4 Å². The third-order valence-electron chi connectivity index (χ3n) is 3.28. The second-order valence-electron chi connectivity index (χ2n) is 5.28. The molecule has 0 unspecified atom stereocenters. The van der Waals surface area contributed by atoms with Gasteiger partial charge in [-0.1, -0.05) is 41.4 Å². The van der Waals surface area contributed by atoms with Crippen LogP contribution in [0, 0.1) is 5.82 Å². The van der Waals surface area contributed by atoms with Crippen LogP contribution in [0.3, 0.4) is 0 Å². The molecule has 1 amide bonds. The Morgan fingerprint density at radius 1 is 1.22 bits per heavy atom. The van der Waals surface area contributed by atoms with E-state index in [0.29, 0.717) is 22.2 Å². The second-order valence-corrected chi connectivity index (χ2v) is 6.12. The van der Waals surface area contributed by atoms with Crippen LogP contribution in [-0.2, 0) is 17.9 Å². The quantitative estimate of drug-likeness (QED) is 0.853. The summed E-state index contributed by atoms with van der Waals surface area (Å²) >= 11 is 11.9. The molecule has 2 aromatic rings. The minimum absolute atomic E-state index is 0.144. The van der Waals surface area contributed by atoms with Crippen LogP contribution in [0.2, 0.25) is 10.0 Å². The minimum Gasteiger partial charge on any atom is -0.351 e. The van der Waals surface area contributed by atoms with Crippen LogP contribution in [0.5, 0.6) is 0 Å². The van der Waals surface area contributed by atoms with Crippen molar-refractivity contribution in [3.05, 3.63) is 69.5 Å². The van der Waals surface area contributed by atoms with Crippen molar-refractivity contribution < 1.29 is 9.18 Å². The molecular formula is C17H17Cl2FN2O. The van der Waals surface area contributed by atoms with Crippen molar-refractivity contribution in [2.24, 2.45) is 0 Å². The van der Waals surface area contributed by atoms with E-state index in [1.807, 2.05) is 12.1 Å². The topological polar surface area (TPSA) is 32.3 Å². The van der Waals surface area contributed by atoms with Gasteiger partial charge < -0.3 is 5.32 Å². The van der Waals surface area contributed by atoms with Crippen LogP contribution in [0.15, 0.2) is 42.5 Å². The lowest BCUT2D eigenvalue weighted by Crippen LogP contribution is -2.34. The van der Waals surface area contributed by atoms with E-state index in [-0.39, 0.29) is 24.8 Å². The lowest BCUT2D eigenvalue weighted by Gasteiger charge is -2.17. The van der Waals surface area contributed by atoms with Gasteiger partial charge in [0.05, 0.1) is 6.54 Å². The van der Waals surface area contributed by atoms with E-state index in [2.05, 4.69) is 5.32 Å². The van der Waals surface area contributed by atoms with Crippen molar-refractivity contribution >= 4 is 29.1 Å². The predicted octanol–water partition coefficient (Wildman–Crippen LogP) is 3.88. The highest BCUT2D eigenvalue weighted by Crippen LogP contribution is 2.20. The number of rotatable bonds is 6. The van der Waals surface area contributed by atoms with Gasteiger partial charge in [-0.2, -0.15) is 0 Å². The van der Waals surface area contributed by atoms with E-state index >= 15 is 0 Å². The molecule has 0 atom stereocenters. The van der Waals surface area contributed by atoms with Gasteiger partial charge >= 0.3 is 0 Å². The van der Waals surface area contributed by atoms with Gasteiger partial charge in [-0.05, 0) is 36.9 Å². The van der Waals surface area contributed by atoms with Crippen LogP contribution < -0.4 is 5.32 Å². The van der Waals surface area contributed by atoms with Crippen molar-refractivity contribution in [2.75, 3.05) is 13.6 Å². The molecule has 2 aromatic carbocycles. The van der Waals surface area contributed by atoms with E-state index in [9.17, 15) is 9.18 Å². The summed E-state index contributed by atoms with van der Waals surface area (Å²) in [5.41, 5.74) is 1.31. The Kier molecular flexibility index (Phi) is 6.39. The normalized spacial score (nSPS) is 10.8. The van der Waals surface area contributed by atoms with E-state index < -0.39 is 0 Å².